The molecule has 0 spiro atoms. The van der Waals surface area contributed by atoms with E-state index in [0.29, 0.717) is 35.2 Å². The number of anilines is 1. The van der Waals surface area contributed by atoms with Crippen LogP contribution >= 0.6 is 23.2 Å². The average Bonchev–Trinajstić information content (AvgIpc) is 2.44. The van der Waals surface area contributed by atoms with E-state index in [-0.39, 0.29) is 5.91 Å². The van der Waals surface area contributed by atoms with Crippen LogP contribution in [-0.4, -0.2) is 12.5 Å². The molecule has 5 heteroatoms. The first-order valence-electron chi connectivity index (χ1n) is 6.98. The van der Waals surface area contributed by atoms with E-state index in [2.05, 4.69) is 5.32 Å². The molecule has 0 aliphatic carbocycles. The number of amides is 1. The second-order valence-corrected chi connectivity index (χ2v) is 5.84. The summed E-state index contributed by atoms with van der Waals surface area (Å²) in [6.07, 6.45) is 1.00. The molecule has 116 valence electrons. The van der Waals surface area contributed by atoms with Crippen molar-refractivity contribution in [1.82, 2.24) is 0 Å². The van der Waals surface area contributed by atoms with E-state index >= 15 is 0 Å². The molecule has 1 amide bonds. The van der Waals surface area contributed by atoms with Crippen molar-refractivity contribution in [3.05, 3.63) is 58.1 Å². The Hall–Kier alpha value is -1.71. The van der Waals surface area contributed by atoms with E-state index in [1.807, 2.05) is 31.2 Å². The van der Waals surface area contributed by atoms with Crippen LogP contribution in [0.5, 0.6) is 5.75 Å². The van der Waals surface area contributed by atoms with Gasteiger partial charge in [-0.15, -0.1) is 0 Å². The highest BCUT2D eigenvalue weighted by molar-refractivity contribution is 6.35. The molecule has 0 saturated heterocycles. The zero-order valence-electron chi connectivity index (χ0n) is 12.2. The molecule has 0 heterocycles. The maximum atomic E-state index is 11.8. The molecule has 0 aliphatic rings. The van der Waals surface area contributed by atoms with E-state index in [1.165, 1.54) is 5.56 Å². The highest BCUT2D eigenvalue weighted by Crippen LogP contribution is 2.22. The molecule has 0 radical (unpaired) electrons. The molecular formula is C17H17Cl2NO2. The number of carbonyl (C=O) groups is 1. The molecule has 0 aromatic heterocycles. The lowest BCUT2D eigenvalue weighted by Crippen LogP contribution is -2.12. The van der Waals surface area contributed by atoms with Gasteiger partial charge in [-0.3, -0.25) is 4.79 Å². The van der Waals surface area contributed by atoms with Crippen LogP contribution in [0.15, 0.2) is 42.5 Å². The van der Waals surface area contributed by atoms with Gasteiger partial charge in [-0.05, 0) is 43.7 Å². The van der Waals surface area contributed by atoms with Gasteiger partial charge in [0, 0.05) is 22.2 Å². The monoisotopic (exact) mass is 337 g/mol. The quantitative estimate of drug-likeness (QED) is 0.744. The van der Waals surface area contributed by atoms with Crippen LogP contribution in [-0.2, 0) is 4.79 Å². The maximum Gasteiger partial charge on any atom is 0.224 e. The number of rotatable bonds is 6. The molecule has 1 N–H and O–H groups in total. The van der Waals surface area contributed by atoms with Crippen molar-refractivity contribution in [2.24, 2.45) is 0 Å². The summed E-state index contributed by atoms with van der Waals surface area (Å²) in [6, 6.07) is 12.8. The lowest BCUT2D eigenvalue weighted by molar-refractivity contribution is -0.116. The Balaban J connectivity index is 1.72. The van der Waals surface area contributed by atoms with Crippen LogP contribution in [0, 0.1) is 6.92 Å². The second-order valence-electron chi connectivity index (χ2n) is 4.97. The Bertz CT molecular complexity index is 621. The van der Waals surface area contributed by atoms with Crippen LogP contribution in [0.3, 0.4) is 0 Å². The molecule has 2 aromatic carbocycles. The van der Waals surface area contributed by atoms with Gasteiger partial charge in [0.25, 0.3) is 0 Å². The minimum absolute atomic E-state index is 0.0918. The third-order valence-electron chi connectivity index (χ3n) is 2.98. The number of ether oxygens (including phenoxy) is 1. The number of benzene rings is 2. The topological polar surface area (TPSA) is 38.3 Å². The number of hydrogen-bond acceptors (Lipinski definition) is 2. The SMILES string of the molecule is Cc1ccc(OCCCC(=O)Nc2cc(Cl)cc(Cl)c2)cc1. The van der Waals surface area contributed by atoms with Gasteiger partial charge in [-0.1, -0.05) is 40.9 Å². The predicted molar refractivity (Wildman–Crippen MR) is 91.0 cm³/mol. The maximum absolute atomic E-state index is 11.8. The van der Waals surface area contributed by atoms with Gasteiger partial charge in [0.05, 0.1) is 6.61 Å². The fraction of sp³-hybridized carbons (Fsp3) is 0.235. The molecule has 2 rings (SSSR count). The Labute approximate surface area is 140 Å². The number of nitrogens with one attached hydrogen (secondary N) is 1. The smallest absolute Gasteiger partial charge is 0.224 e. The Morgan fingerprint density at radius 1 is 1.09 bits per heavy atom. The molecule has 0 unspecified atom stereocenters. The zero-order chi connectivity index (χ0) is 15.9. The van der Waals surface area contributed by atoms with Crippen molar-refractivity contribution in [2.75, 3.05) is 11.9 Å². The van der Waals surface area contributed by atoms with Gasteiger partial charge < -0.3 is 10.1 Å². The number of aryl methyl sites for hydroxylation is 1. The molecule has 0 atom stereocenters. The van der Waals surface area contributed by atoms with E-state index in [9.17, 15) is 4.79 Å². The van der Waals surface area contributed by atoms with Crippen LogP contribution in [0.4, 0.5) is 5.69 Å². The molecule has 22 heavy (non-hydrogen) atoms. The van der Waals surface area contributed by atoms with Crippen molar-refractivity contribution in [2.45, 2.75) is 19.8 Å². The van der Waals surface area contributed by atoms with Crippen molar-refractivity contribution < 1.29 is 9.53 Å². The Morgan fingerprint density at radius 2 is 1.73 bits per heavy atom. The van der Waals surface area contributed by atoms with Crippen molar-refractivity contribution in [1.29, 1.82) is 0 Å². The molecule has 2 aromatic rings. The second kappa shape index (κ2) is 8.06. The lowest BCUT2D eigenvalue weighted by Gasteiger charge is -2.08. The van der Waals surface area contributed by atoms with E-state index < -0.39 is 0 Å². The molecule has 0 bridgehead atoms. The van der Waals surface area contributed by atoms with E-state index in [4.69, 9.17) is 27.9 Å². The van der Waals surface area contributed by atoms with Gasteiger partial charge >= 0.3 is 0 Å². The summed E-state index contributed by atoms with van der Waals surface area (Å²) in [7, 11) is 0. The van der Waals surface area contributed by atoms with Gasteiger partial charge in [-0.2, -0.15) is 0 Å². The van der Waals surface area contributed by atoms with E-state index in [1.54, 1.807) is 18.2 Å². The fourth-order valence-electron chi connectivity index (χ4n) is 1.91. The highest BCUT2D eigenvalue weighted by atomic mass is 35.5. The lowest BCUT2D eigenvalue weighted by atomic mass is 10.2. The van der Waals surface area contributed by atoms with Crippen LogP contribution in [0.1, 0.15) is 18.4 Å². The van der Waals surface area contributed by atoms with Crippen molar-refractivity contribution >= 4 is 34.8 Å². The third-order valence-corrected chi connectivity index (χ3v) is 3.42. The van der Waals surface area contributed by atoms with Crippen LogP contribution in [0.25, 0.3) is 0 Å². The highest BCUT2D eigenvalue weighted by Gasteiger charge is 2.04. The van der Waals surface area contributed by atoms with Gasteiger partial charge in [0.15, 0.2) is 0 Å². The summed E-state index contributed by atoms with van der Waals surface area (Å²) in [5, 5.41) is 3.75. The largest absolute Gasteiger partial charge is 0.494 e. The van der Waals surface area contributed by atoms with Gasteiger partial charge in [0.2, 0.25) is 5.91 Å². The first-order chi connectivity index (χ1) is 10.5. The number of carbonyl (C=O) groups excluding carboxylic acids is 1. The minimum Gasteiger partial charge on any atom is -0.494 e. The summed E-state index contributed by atoms with van der Waals surface area (Å²) in [6.45, 7) is 2.52. The Kier molecular flexibility index (Phi) is 6.10. The molecule has 0 saturated carbocycles. The normalized spacial score (nSPS) is 10.3. The number of hydrogen-bond donors (Lipinski definition) is 1. The predicted octanol–water partition coefficient (Wildman–Crippen LogP) is 5.10. The molecule has 0 aliphatic heterocycles. The molecule has 3 nitrogen and oxygen atoms in total. The Morgan fingerprint density at radius 3 is 2.36 bits per heavy atom. The first-order valence-corrected chi connectivity index (χ1v) is 7.74. The van der Waals surface area contributed by atoms with Gasteiger partial charge in [-0.25, -0.2) is 0 Å². The number of halogens is 2. The van der Waals surface area contributed by atoms with Crippen LogP contribution in [0.2, 0.25) is 10.0 Å². The summed E-state index contributed by atoms with van der Waals surface area (Å²) in [4.78, 5) is 11.8. The summed E-state index contributed by atoms with van der Waals surface area (Å²) in [5.41, 5.74) is 1.79. The van der Waals surface area contributed by atoms with Crippen molar-refractivity contribution in [3.63, 3.8) is 0 Å². The standard InChI is InChI=1S/C17H17Cl2NO2/c1-12-4-6-16(7-5-12)22-8-2-3-17(21)20-15-10-13(18)9-14(19)11-15/h4-7,9-11H,2-3,8H2,1H3,(H,20,21). The van der Waals surface area contributed by atoms with Gasteiger partial charge in [0.1, 0.15) is 5.75 Å². The van der Waals surface area contributed by atoms with E-state index in [0.717, 1.165) is 5.75 Å². The average molecular weight is 338 g/mol. The third kappa shape index (κ3) is 5.58. The van der Waals surface area contributed by atoms with Crippen LogP contribution < -0.4 is 10.1 Å². The molecule has 0 fully saturated rings. The van der Waals surface area contributed by atoms with Crippen molar-refractivity contribution in [3.8, 4) is 5.75 Å². The minimum atomic E-state index is -0.0918. The first kappa shape index (κ1) is 16.7. The zero-order valence-corrected chi connectivity index (χ0v) is 13.7. The fourth-order valence-corrected chi connectivity index (χ4v) is 2.43. The molecular weight excluding hydrogens is 321 g/mol. The summed E-state index contributed by atoms with van der Waals surface area (Å²) >= 11 is 11.8. The summed E-state index contributed by atoms with van der Waals surface area (Å²) < 4.78 is 5.58. The summed E-state index contributed by atoms with van der Waals surface area (Å²) in [5.74, 6) is 0.721.